The van der Waals surface area contributed by atoms with E-state index in [1.165, 1.54) is 5.56 Å². The first-order valence-corrected chi connectivity index (χ1v) is 8.39. The predicted octanol–water partition coefficient (Wildman–Crippen LogP) is 2.48. The van der Waals surface area contributed by atoms with Gasteiger partial charge in [-0.1, -0.05) is 0 Å². The summed E-state index contributed by atoms with van der Waals surface area (Å²) in [4.78, 5) is 18.8. The molecule has 2 N–H and O–H groups in total. The summed E-state index contributed by atoms with van der Waals surface area (Å²) >= 11 is 0. The molecule has 0 atom stereocenters. The van der Waals surface area contributed by atoms with Crippen molar-refractivity contribution in [2.24, 2.45) is 0 Å². The number of H-pyrrole nitrogens is 1. The number of aromatic nitrogens is 3. The Morgan fingerprint density at radius 1 is 1.24 bits per heavy atom. The minimum atomic E-state index is -0.0863. The Morgan fingerprint density at radius 2 is 2.20 bits per heavy atom. The average Bonchev–Trinajstić information content (AvgIpc) is 3.29. The maximum absolute atomic E-state index is 12.6. The molecular formula is C18H17N5O2. The van der Waals surface area contributed by atoms with Crippen molar-refractivity contribution >= 4 is 22.8 Å². The van der Waals surface area contributed by atoms with Gasteiger partial charge in [-0.25, -0.2) is 9.78 Å². The summed E-state index contributed by atoms with van der Waals surface area (Å²) in [6.45, 7) is 1.95. The molecule has 4 heterocycles. The van der Waals surface area contributed by atoms with Gasteiger partial charge in [0, 0.05) is 36.8 Å². The van der Waals surface area contributed by atoms with Gasteiger partial charge >= 0.3 is 6.03 Å². The van der Waals surface area contributed by atoms with E-state index in [1.54, 1.807) is 0 Å². The lowest BCUT2D eigenvalue weighted by Crippen LogP contribution is -2.39. The Bertz CT molecular complexity index is 981. The summed E-state index contributed by atoms with van der Waals surface area (Å²) < 4.78 is 5.50. The topological polar surface area (TPSA) is 83.1 Å². The number of amides is 2. The Hall–Kier alpha value is -3.09. The molecule has 7 nitrogen and oxygen atoms in total. The number of benzene rings is 1. The highest BCUT2D eigenvalue weighted by atomic mass is 16.5. The van der Waals surface area contributed by atoms with Crippen LogP contribution in [0.25, 0.3) is 11.0 Å². The Kier molecular flexibility index (Phi) is 3.12. The zero-order chi connectivity index (χ0) is 16.8. The van der Waals surface area contributed by atoms with Crippen LogP contribution in [0.5, 0.6) is 5.75 Å². The van der Waals surface area contributed by atoms with Gasteiger partial charge in [0.05, 0.1) is 12.8 Å². The molecule has 0 fully saturated rings. The molecule has 2 aliphatic rings. The molecule has 0 aliphatic carbocycles. The van der Waals surface area contributed by atoms with E-state index in [0.29, 0.717) is 19.7 Å². The number of hydrogen-bond acceptors (Lipinski definition) is 4. The third-order valence-corrected chi connectivity index (χ3v) is 4.90. The fraction of sp³-hybridized carbons (Fsp3) is 0.278. The normalized spacial score (nSPS) is 15.6. The monoisotopic (exact) mass is 335 g/mol. The lowest BCUT2D eigenvalue weighted by Gasteiger charge is -2.29. The van der Waals surface area contributed by atoms with Crippen LogP contribution >= 0.6 is 0 Å². The van der Waals surface area contributed by atoms with Crippen molar-refractivity contribution in [1.82, 2.24) is 20.1 Å². The fourth-order valence-electron chi connectivity index (χ4n) is 3.60. The third kappa shape index (κ3) is 2.39. The highest BCUT2D eigenvalue weighted by molar-refractivity contribution is 5.90. The standard InChI is InChI=1S/C18H17N5O2/c24-18(21-13-1-2-16-11(7-13)4-6-25-16)23-5-3-14-12(10-23)8-19-17-15(14)9-20-22-17/h1-2,7-9H,3-6,10H2,(H,21,24)(H,19,20,22). The van der Waals surface area contributed by atoms with Gasteiger partial charge in [-0.3, -0.25) is 5.10 Å². The van der Waals surface area contributed by atoms with Crippen LogP contribution in [0.2, 0.25) is 0 Å². The number of hydrogen-bond donors (Lipinski definition) is 2. The Morgan fingerprint density at radius 3 is 3.16 bits per heavy atom. The zero-order valence-electron chi connectivity index (χ0n) is 13.6. The summed E-state index contributed by atoms with van der Waals surface area (Å²) in [5, 5.41) is 11.0. The van der Waals surface area contributed by atoms with E-state index in [4.69, 9.17) is 4.74 Å². The van der Waals surface area contributed by atoms with Gasteiger partial charge in [-0.05, 0) is 41.3 Å². The van der Waals surface area contributed by atoms with Gasteiger partial charge in [-0.15, -0.1) is 0 Å². The number of ether oxygens (including phenoxy) is 1. The molecule has 126 valence electrons. The van der Waals surface area contributed by atoms with Crippen LogP contribution < -0.4 is 10.1 Å². The third-order valence-electron chi connectivity index (χ3n) is 4.90. The first-order chi connectivity index (χ1) is 12.3. The second-order valence-corrected chi connectivity index (χ2v) is 6.42. The number of nitrogens with zero attached hydrogens (tertiary/aromatic N) is 3. The molecule has 1 aromatic carbocycles. The van der Waals surface area contributed by atoms with E-state index < -0.39 is 0 Å². The Balaban J connectivity index is 1.35. The summed E-state index contributed by atoms with van der Waals surface area (Å²) in [7, 11) is 0. The van der Waals surface area contributed by atoms with Crippen molar-refractivity contribution in [3.63, 3.8) is 0 Å². The first-order valence-electron chi connectivity index (χ1n) is 8.39. The maximum Gasteiger partial charge on any atom is 0.322 e. The van der Waals surface area contributed by atoms with Crippen molar-refractivity contribution in [2.75, 3.05) is 18.5 Å². The van der Waals surface area contributed by atoms with Crippen LogP contribution in [-0.2, 0) is 19.4 Å². The highest BCUT2D eigenvalue weighted by Gasteiger charge is 2.23. The van der Waals surface area contributed by atoms with Crippen LogP contribution in [-0.4, -0.2) is 39.3 Å². The van der Waals surface area contributed by atoms with Gasteiger partial charge < -0.3 is 15.0 Å². The number of urea groups is 1. The molecule has 0 saturated carbocycles. The van der Waals surface area contributed by atoms with Crippen molar-refractivity contribution in [1.29, 1.82) is 0 Å². The molecule has 25 heavy (non-hydrogen) atoms. The summed E-state index contributed by atoms with van der Waals surface area (Å²) in [6, 6.07) is 5.71. The second kappa shape index (κ2) is 5.47. The lowest BCUT2D eigenvalue weighted by atomic mass is 9.99. The fourth-order valence-corrected chi connectivity index (χ4v) is 3.60. The molecule has 5 rings (SSSR count). The zero-order valence-corrected chi connectivity index (χ0v) is 13.6. The molecule has 0 unspecified atom stereocenters. The number of carbonyl (C=O) groups excluding carboxylic acids is 1. The molecule has 0 spiro atoms. The average molecular weight is 335 g/mol. The summed E-state index contributed by atoms with van der Waals surface area (Å²) in [5.41, 5.74) is 5.07. The predicted molar refractivity (Wildman–Crippen MR) is 92.7 cm³/mol. The summed E-state index contributed by atoms with van der Waals surface area (Å²) in [5.74, 6) is 0.917. The molecule has 0 radical (unpaired) electrons. The van der Waals surface area contributed by atoms with Crippen LogP contribution in [0.3, 0.4) is 0 Å². The molecule has 7 heteroatoms. The number of carbonyl (C=O) groups is 1. The minimum Gasteiger partial charge on any atom is -0.493 e. The Labute approximate surface area is 144 Å². The van der Waals surface area contributed by atoms with Crippen LogP contribution in [0, 0.1) is 0 Å². The van der Waals surface area contributed by atoms with Crippen molar-refractivity contribution in [3.8, 4) is 5.75 Å². The molecule has 2 amide bonds. The van der Waals surface area contributed by atoms with Gasteiger partial charge in [0.1, 0.15) is 5.75 Å². The van der Waals surface area contributed by atoms with Crippen LogP contribution in [0.1, 0.15) is 16.7 Å². The number of fused-ring (bicyclic) bond motifs is 4. The van der Waals surface area contributed by atoms with E-state index >= 15 is 0 Å². The van der Waals surface area contributed by atoms with E-state index in [1.807, 2.05) is 35.5 Å². The van der Waals surface area contributed by atoms with Gasteiger partial charge in [0.25, 0.3) is 0 Å². The van der Waals surface area contributed by atoms with Gasteiger partial charge in [0.2, 0.25) is 0 Å². The molecule has 2 aliphatic heterocycles. The van der Waals surface area contributed by atoms with Gasteiger partial charge in [0.15, 0.2) is 5.65 Å². The summed E-state index contributed by atoms with van der Waals surface area (Å²) in [6.07, 6.45) is 5.34. The number of pyridine rings is 1. The molecule has 2 aromatic heterocycles. The first kappa shape index (κ1) is 14.3. The molecule has 0 saturated heterocycles. The van der Waals surface area contributed by atoms with E-state index in [0.717, 1.165) is 46.4 Å². The number of rotatable bonds is 1. The van der Waals surface area contributed by atoms with Crippen molar-refractivity contribution in [3.05, 3.63) is 47.3 Å². The lowest BCUT2D eigenvalue weighted by molar-refractivity contribution is 0.206. The molecule has 3 aromatic rings. The van der Waals surface area contributed by atoms with Crippen molar-refractivity contribution in [2.45, 2.75) is 19.4 Å². The smallest absolute Gasteiger partial charge is 0.322 e. The highest BCUT2D eigenvalue weighted by Crippen LogP contribution is 2.29. The van der Waals surface area contributed by atoms with E-state index in [9.17, 15) is 4.79 Å². The largest absolute Gasteiger partial charge is 0.493 e. The van der Waals surface area contributed by atoms with Crippen LogP contribution in [0.4, 0.5) is 10.5 Å². The minimum absolute atomic E-state index is 0.0863. The number of aromatic amines is 1. The molecule has 0 bridgehead atoms. The second-order valence-electron chi connectivity index (χ2n) is 6.42. The van der Waals surface area contributed by atoms with Gasteiger partial charge in [-0.2, -0.15) is 5.10 Å². The SMILES string of the molecule is O=C(Nc1ccc2c(c1)CCO2)N1CCc2c(cnc3[nH]ncc23)C1. The van der Waals surface area contributed by atoms with E-state index in [-0.39, 0.29) is 6.03 Å². The van der Waals surface area contributed by atoms with Crippen molar-refractivity contribution < 1.29 is 9.53 Å². The molecular weight excluding hydrogens is 318 g/mol. The number of anilines is 1. The maximum atomic E-state index is 12.6. The quantitative estimate of drug-likeness (QED) is 0.716. The number of nitrogens with one attached hydrogen (secondary N) is 2. The van der Waals surface area contributed by atoms with Crippen LogP contribution in [0.15, 0.2) is 30.6 Å². The van der Waals surface area contributed by atoms with E-state index in [2.05, 4.69) is 20.5 Å².